The summed E-state index contributed by atoms with van der Waals surface area (Å²) >= 11 is 0. The van der Waals surface area contributed by atoms with Crippen LogP contribution in [0.1, 0.15) is 46.5 Å². The van der Waals surface area contributed by atoms with Crippen LogP contribution in [0.3, 0.4) is 0 Å². The number of rotatable bonds is 6. The van der Waals surface area contributed by atoms with Crippen LogP contribution in [0.25, 0.3) is 0 Å². The first-order chi connectivity index (χ1) is 8.33. The Labute approximate surface area is 110 Å². The van der Waals surface area contributed by atoms with Gasteiger partial charge in [-0.1, -0.05) is 13.8 Å². The Balaban J connectivity index is 2.21. The molecule has 0 aromatic rings. The first kappa shape index (κ1) is 15.4. The molecule has 1 aliphatic carbocycles. The number of hydrogen-bond donors (Lipinski definition) is 3. The maximum Gasteiger partial charge on any atom is 0.306 e. The monoisotopic (exact) mass is 257 g/mol. The highest BCUT2D eigenvalue weighted by molar-refractivity contribution is 5.69. The molecule has 0 bridgehead atoms. The van der Waals surface area contributed by atoms with E-state index in [0.717, 1.165) is 32.2 Å². The molecule has 106 valence electrons. The van der Waals surface area contributed by atoms with Crippen LogP contribution in [0.4, 0.5) is 0 Å². The van der Waals surface area contributed by atoms with Gasteiger partial charge in [-0.3, -0.25) is 4.79 Å². The van der Waals surface area contributed by atoms with Crippen molar-refractivity contribution in [3.8, 4) is 0 Å². The number of nitrogens with one attached hydrogen (secondary N) is 1. The summed E-state index contributed by atoms with van der Waals surface area (Å²) in [5.74, 6) is 0.000445. The fraction of sp³-hybridized carbons (Fsp3) is 0.929. The van der Waals surface area contributed by atoms with Gasteiger partial charge in [0.05, 0.1) is 11.5 Å². The fourth-order valence-electron chi connectivity index (χ4n) is 2.35. The lowest BCUT2D eigenvalue weighted by molar-refractivity contribution is -0.143. The van der Waals surface area contributed by atoms with Gasteiger partial charge in [0, 0.05) is 6.54 Å². The van der Waals surface area contributed by atoms with Gasteiger partial charge in [0.15, 0.2) is 0 Å². The zero-order valence-electron chi connectivity index (χ0n) is 11.8. The van der Waals surface area contributed by atoms with Crippen LogP contribution in [0.2, 0.25) is 0 Å². The Morgan fingerprint density at radius 1 is 1.33 bits per heavy atom. The van der Waals surface area contributed by atoms with E-state index in [9.17, 15) is 9.90 Å². The molecule has 1 saturated carbocycles. The third kappa shape index (κ3) is 4.58. The molecule has 0 saturated heterocycles. The maximum atomic E-state index is 10.8. The van der Waals surface area contributed by atoms with E-state index in [1.807, 2.05) is 20.8 Å². The van der Waals surface area contributed by atoms with Crippen molar-refractivity contribution in [3.63, 3.8) is 0 Å². The zero-order valence-corrected chi connectivity index (χ0v) is 11.8. The van der Waals surface area contributed by atoms with E-state index in [2.05, 4.69) is 5.32 Å². The largest absolute Gasteiger partial charge is 0.481 e. The molecule has 0 radical (unpaired) electrons. The average Bonchev–Trinajstić information content (AvgIpc) is 2.29. The minimum absolute atomic E-state index is 0.139. The molecule has 0 aliphatic heterocycles. The highest BCUT2D eigenvalue weighted by atomic mass is 16.4. The molecule has 1 unspecified atom stereocenters. The number of carbonyl (C=O) groups is 1. The van der Waals surface area contributed by atoms with Gasteiger partial charge in [-0.25, -0.2) is 0 Å². The normalized spacial score (nSPS) is 28.1. The number of carboxylic acid groups (broad SMARTS) is 1. The summed E-state index contributed by atoms with van der Waals surface area (Å²) in [5.41, 5.74) is -0.668. The van der Waals surface area contributed by atoms with E-state index in [1.54, 1.807) is 0 Å². The molecule has 1 atom stereocenters. The Morgan fingerprint density at radius 3 is 2.33 bits per heavy atom. The molecule has 1 rings (SSSR count). The van der Waals surface area contributed by atoms with Crippen molar-refractivity contribution in [2.75, 3.05) is 13.1 Å². The van der Waals surface area contributed by atoms with Gasteiger partial charge in [0.2, 0.25) is 0 Å². The lowest BCUT2D eigenvalue weighted by Gasteiger charge is -2.30. The minimum Gasteiger partial charge on any atom is -0.481 e. The predicted octanol–water partition coefficient (Wildman–Crippen LogP) is 1.87. The molecule has 4 nitrogen and oxygen atoms in total. The zero-order chi connectivity index (χ0) is 13.8. The van der Waals surface area contributed by atoms with Crippen molar-refractivity contribution in [2.45, 2.75) is 52.1 Å². The van der Waals surface area contributed by atoms with Crippen LogP contribution in [0, 0.1) is 17.8 Å². The molecule has 0 amide bonds. The summed E-state index contributed by atoms with van der Waals surface area (Å²) in [6.07, 6.45) is 3.55. The van der Waals surface area contributed by atoms with Gasteiger partial charge >= 0.3 is 5.97 Å². The number of carboxylic acids is 1. The van der Waals surface area contributed by atoms with Crippen molar-refractivity contribution in [3.05, 3.63) is 0 Å². The summed E-state index contributed by atoms with van der Waals surface area (Å²) in [7, 11) is 0. The Hall–Kier alpha value is -0.610. The molecule has 3 N–H and O–H groups in total. The van der Waals surface area contributed by atoms with Crippen molar-refractivity contribution >= 4 is 5.97 Å². The third-order valence-corrected chi connectivity index (χ3v) is 4.36. The molecular formula is C14H27NO3. The molecular weight excluding hydrogens is 230 g/mol. The molecule has 1 fully saturated rings. The number of aliphatic hydroxyl groups is 1. The number of aliphatic carboxylic acids is 1. The summed E-state index contributed by atoms with van der Waals surface area (Å²) < 4.78 is 0. The highest BCUT2D eigenvalue weighted by Gasteiger charge is 2.27. The van der Waals surface area contributed by atoms with Crippen molar-refractivity contribution < 1.29 is 15.0 Å². The van der Waals surface area contributed by atoms with Gasteiger partial charge < -0.3 is 15.5 Å². The Kier molecular flexibility index (Phi) is 5.60. The smallest absolute Gasteiger partial charge is 0.306 e. The van der Waals surface area contributed by atoms with Crippen LogP contribution in [0.5, 0.6) is 0 Å². The van der Waals surface area contributed by atoms with E-state index in [-0.39, 0.29) is 11.8 Å². The fourth-order valence-corrected chi connectivity index (χ4v) is 2.35. The van der Waals surface area contributed by atoms with Crippen LogP contribution >= 0.6 is 0 Å². The minimum atomic E-state index is -0.668. The van der Waals surface area contributed by atoms with Crippen LogP contribution in [0.15, 0.2) is 0 Å². The van der Waals surface area contributed by atoms with Gasteiger partial charge in [-0.15, -0.1) is 0 Å². The number of hydrogen-bond acceptors (Lipinski definition) is 3. The molecule has 0 heterocycles. The van der Waals surface area contributed by atoms with E-state index < -0.39 is 11.6 Å². The van der Waals surface area contributed by atoms with Crippen molar-refractivity contribution in [2.24, 2.45) is 17.8 Å². The molecule has 4 heteroatoms. The van der Waals surface area contributed by atoms with Crippen molar-refractivity contribution in [1.29, 1.82) is 0 Å². The van der Waals surface area contributed by atoms with Gasteiger partial charge in [0.25, 0.3) is 0 Å². The summed E-state index contributed by atoms with van der Waals surface area (Å²) in [4.78, 5) is 10.8. The SMILES string of the molecule is CC(C)C(C)(O)CNCC1CCC(C(=O)O)CC1. The maximum absolute atomic E-state index is 10.8. The Bertz CT molecular complexity index is 268. The van der Waals surface area contributed by atoms with Crippen LogP contribution in [-0.2, 0) is 4.79 Å². The first-order valence-corrected chi connectivity index (χ1v) is 6.99. The van der Waals surface area contributed by atoms with Gasteiger partial charge in [-0.2, -0.15) is 0 Å². The lowest BCUT2D eigenvalue weighted by Crippen LogP contribution is -2.43. The summed E-state index contributed by atoms with van der Waals surface area (Å²) in [5, 5.41) is 22.3. The molecule has 0 aromatic carbocycles. The van der Waals surface area contributed by atoms with Gasteiger partial charge in [-0.05, 0) is 51.0 Å². The molecule has 1 aliphatic rings. The first-order valence-electron chi connectivity index (χ1n) is 6.99. The highest BCUT2D eigenvalue weighted by Crippen LogP contribution is 2.28. The Morgan fingerprint density at radius 2 is 1.89 bits per heavy atom. The topological polar surface area (TPSA) is 69.6 Å². The van der Waals surface area contributed by atoms with Gasteiger partial charge in [0.1, 0.15) is 0 Å². The van der Waals surface area contributed by atoms with Crippen molar-refractivity contribution in [1.82, 2.24) is 5.32 Å². The van der Waals surface area contributed by atoms with Crippen LogP contribution in [-0.4, -0.2) is 34.9 Å². The summed E-state index contributed by atoms with van der Waals surface area (Å²) in [6, 6.07) is 0. The second-order valence-electron chi connectivity index (χ2n) is 6.20. The van der Waals surface area contributed by atoms with E-state index in [4.69, 9.17) is 5.11 Å². The lowest BCUT2D eigenvalue weighted by atomic mass is 9.82. The summed E-state index contributed by atoms with van der Waals surface area (Å²) in [6.45, 7) is 7.37. The van der Waals surface area contributed by atoms with E-state index in [1.165, 1.54) is 0 Å². The standard InChI is InChI=1S/C14H27NO3/c1-10(2)14(3,18)9-15-8-11-4-6-12(7-5-11)13(16)17/h10-12,15,18H,4-9H2,1-3H3,(H,16,17). The van der Waals surface area contributed by atoms with E-state index in [0.29, 0.717) is 12.5 Å². The molecule has 0 aromatic heterocycles. The molecule has 0 spiro atoms. The molecule has 18 heavy (non-hydrogen) atoms. The van der Waals surface area contributed by atoms with E-state index >= 15 is 0 Å². The predicted molar refractivity (Wildman–Crippen MR) is 71.4 cm³/mol. The third-order valence-electron chi connectivity index (χ3n) is 4.36. The quantitative estimate of drug-likeness (QED) is 0.679. The second-order valence-corrected chi connectivity index (χ2v) is 6.20. The second kappa shape index (κ2) is 6.53. The average molecular weight is 257 g/mol. The van der Waals surface area contributed by atoms with Crippen LogP contribution < -0.4 is 5.32 Å².